The van der Waals surface area contributed by atoms with Gasteiger partial charge in [-0.25, -0.2) is 0 Å². The maximum Gasteiger partial charge on any atom is 0.305 e. The van der Waals surface area contributed by atoms with Crippen molar-refractivity contribution >= 4 is 11.9 Å². The van der Waals surface area contributed by atoms with Crippen LogP contribution in [0, 0.1) is 0 Å². The smallest absolute Gasteiger partial charge is 0.305 e. The van der Waals surface area contributed by atoms with Gasteiger partial charge in [-0.15, -0.1) is 0 Å². The summed E-state index contributed by atoms with van der Waals surface area (Å²) in [6.45, 7) is 4.89. The summed E-state index contributed by atoms with van der Waals surface area (Å²) in [5.41, 5.74) is 0. The molecule has 0 aromatic rings. The fraction of sp³-hybridized carbons (Fsp3) is 0.853. The molecule has 0 aliphatic rings. The second-order valence-corrected chi connectivity index (χ2v) is 22.4. The number of unbranched alkanes of at least 4 members (excludes halogenated alkanes) is 44. The Morgan fingerprint density at radius 1 is 0.378 bits per heavy atom. The van der Waals surface area contributed by atoms with Crippen molar-refractivity contribution in [1.82, 2.24) is 5.32 Å². The van der Waals surface area contributed by atoms with Crippen LogP contribution < -0.4 is 5.32 Å². The minimum atomic E-state index is -0.851. The summed E-state index contributed by atoms with van der Waals surface area (Å²) < 4.78 is 5.49. The number of hydrogen-bond donors (Lipinski definition) is 3. The second-order valence-electron chi connectivity index (χ2n) is 22.4. The molecule has 0 radical (unpaired) electrons. The number of hydrogen-bond acceptors (Lipinski definition) is 5. The van der Waals surface area contributed by atoms with Gasteiger partial charge in [0, 0.05) is 12.8 Å². The quantitative estimate of drug-likeness (QED) is 0.0320. The van der Waals surface area contributed by atoms with E-state index in [9.17, 15) is 19.8 Å². The number of rotatable bonds is 61. The van der Waals surface area contributed by atoms with E-state index in [4.69, 9.17) is 4.74 Å². The van der Waals surface area contributed by atoms with E-state index in [0.717, 1.165) is 57.8 Å². The highest BCUT2D eigenvalue weighted by Crippen LogP contribution is 2.17. The Morgan fingerprint density at radius 3 is 1.07 bits per heavy atom. The fourth-order valence-corrected chi connectivity index (χ4v) is 10.0. The van der Waals surface area contributed by atoms with Crippen LogP contribution in [0.2, 0.25) is 0 Å². The van der Waals surface area contributed by atoms with E-state index in [1.807, 2.05) is 6.08 Å². The number of aliphatic hydroxyl groups excluding tert-OH is 2. The number of esters is 1. The van der Waals surface area contributed by atoms with Crippen molar-refractivity contribution in [3.8, 4) is 0 Å². The zero-order valence-electron chi connectivity index (χ0n) is 49.6. The first-order valence-corrected chi connectivity index (χ1v) is 32.9. The third-order valence-corrected chi connectivity index (χ3v) is 15.1. The molecule has 6 heteroatoms. The highest BCUT2D eigenvalue weighted by molar-refractivity contribution is 5.76. The Morgan fingerprint density at radius 2 is 0.676 bits per heavy atom. The van der Waals surface area contributed by atoms with Gasteiger partial charge in [-0.1, -0.05) is 294 Å². The van der Waals surface area contributed by atoms with Crippen LogP contribution in [0.4, 0.5) is 0 Å². The average Bonchev–Trinajstić information content (AvgIpc) is 3.40. The Balaban J connectivity index is 3.45. The molecule has 0 spiro atoms. The number of allylic oxidation sites excluding steroid dienone is 7. The van der Waals surface area contributed by atoms with Gasteiger partial charge >= 0.3 is 5.97 Å². The molecule has 0 rings (SSSR count). The molecule has 3 N–H and O–H groups in total. The van der Waals surface area contributed by atoms with Crippen LogP contribution in [0.15, 0.2) is 48.6 Å². The highest BCUT2D eigenvalue weighted by Gasteiger charge is 2.18. The van der Waals surface area contributed by atoms with Gasteiger partial charge in [-0.3, -0.25) is 9.59 Å². The number of amides is 1. The SMILES string of the molecule is CCCCC/C=C\C/C=C\CCCCCCCCCC(=O)OCCCCCCCCCCCC/C=C\CCCCCCCCCC(=O)NC(CO)C(O)/C=C/CCCCCCCCCCCCCCCCCCC. The minimum Gasteiger partial charge on any atom is -0.466 e. The third-order valence-electron chi connectivity index (χ3n) is 15.1. The lowest BCUT2D eigenvalue weighted by Gasteiger charge is -2.20. The average molecular weight is 1040 g/mol. The van der Waals surface area contributed by atoms with Crippen molar-refractivity contribution in [1.29, 1.82) is 0 Å². The minimum absolute atomic E-state index is 0.000151. The fourth-order valence-electron chi connectivity index (χ4n) is 10.0. The molecular formula is C68H127NO5. The predicted molar refractivity (Wildman–Crippen MR) is 324 cm³/mol. The van der Waals surface area contributed by atoms with E-state index in [0.29, 0.717) is 19.4 Å². The monoisotopic (exact) mass is 1040 g/mol. The first kappa shape index (κ1) is 71.8. The van der Waals surface area contributed by atoms with E-state index in [1.165, 1.54) is 263 Å². The summed E-state index contributed by atoms with van der Waals surface area (Å²) in [6, 6.07) is -0.635. The molecule has 2 atom stereocenters. The van der Waals surface area contributed by atoms with Gasteiger partial charge in [0.2, 0.25) is 5.91 Å². The van der Waals surface area contributed by atoms with Gasteiger partial charge in [-0.05, 0) is 89.9 Å². The van der Waals surface area contributed by atoms with Crippen LogP contribution in [0.25, 0.3) is 0 Å². The maximum absolute atomic E-state index is 12.5. The predicted octanol–water partition coefficient (Wildman–Crippen LogP) is 20.9. The molecule has 0 heterocycles. The molecule has 434 valence electrons. The van der Waals surface area contributed by atoms with Gasteiger partial charge in [0.1, 0.15) is 0 Å². The van der Waals surface area contributed by atoms with E-state index in [2.05, 4.69) is 55.6 Å². The summed E-state index contributed by atoms with van der Waals surface area (Å²) in [5, 5.41) is 23.2. The molecule has 0 aliphatic carbocycles. The number of aliphatic hydroxyl groups is 2. The number of nitrogens with one attached hydrogen (secondary N) is 1. The van der Waals surface area contributed by atoms with Crippen LogP contribution in [0.3, 0.4) is 0 Å². The van der Waals surface area contributed by atoms with Gasteiger partial charge < -0.3 is 20.3 Å². The third kappa shape index (κ3) is 59.1. The molecule has 6 nitrogen and oxygen atoms in total. The van der Waals surface area contributed by atoms with Gasteiger partial charge in [0.05, 0.1) is 25.4 Å². The van der Waals surface area contributed by atoms with E-state index in [-0.39, 0.29) is 18.5 Å². The molecule has 0 aromatic carbocycles. The van der Waals surface area contributed by atoms with E-state index < -0.39 is 12.1 Å². The second kappa shape index (κ2) is 63.4. The van der Waals surface area contributed by atoms with Gasteiger partial charge in [0.15, 0.2) is 0 Å². The molecule has 1 amide bonds. The molecule has 2 unspecified atom stereocenters. The first-order chi connectivity index (χ1) is 36.5. The van der Waals surface area contributed by atoms with Crippen LogP contribution in [-0.2, 0) is 14.3 Å². The van der Waals surface area contributed by atoms with Gasteiger partial charge in [0.25, 0.3) is 0 Å². The lowest BCUT2D eigenvalue weighted by molar-refractivity contribution is -0.143. The van der Waals surface area contributed by atoms with Crippen molar-refractivity contribution in [3.63, 3.8) is 0 Å². The number of carbonyl (C=O) groups excluding carboxylic acids is 2. The molecule has 0 aliphatic heterocycles. The van der Waals surface area contributed by atoms with Crippen molar-refractivity contribution in [2.75, 3.05) is 13.2 Å². The molecule has 74 heavy (non-hydrogen) atoms. The largest absolute Gasteiger partial charge is 0.466 e. The zero-order chi connectivity index (χ0) is 53.6. The van der Waals surface area contributed by atoms with Gasteiger partial charge in [-0.2, -0.15) is 0 Å². The normalized spacial score (nSPS) is 12.9. The van der Waals surface area contributed by atoms with E-state index >= 15 is 0 Å². The van der Waals surface area contributed by atoms with Crippen LogP contribution in [0.5, 0.6) is 0 Å². The Bertz CT molecular complexity index is 1240. The Kier molecular flexibility index (Phi) is 61.5. The van der Waals surface area contributed by atoms with E-state index in [1.54, 1.807) is 6.08 Å². The van der Waals surface area contributed by atoms with Crippen LogP contribution in [0.1, 0.15) is 348 Å². The maximum atomic E-state index is 12.5. The molecule has 0 saturated heterocycles. The summed E-state index contributed by atoms with van der Waals surface area (Å²) in [7, 11) is 0. The molecule has 0 bridgehead atoms. The number of ether oxygens (including phenoxy) is 1. The summed E-state index contributed by atoms with van der Waals surface area (Å²) in [4.78, 5) is 24.6. The number of carbonyl (C=O) groups is 2. The van der Waals surface area contributed by atoms with Crippen molar-refractivity contribution in [3.05, 3.63) is 48.6 Å². The summed E-state index contributed by atoms with van der Waals surface area (Å²) >= 11 is 0. The molecule has 0 saturated carbocycles. The molecule has 0 aromatic heterocycles. The van der Waals surface area contributed by atoms with Crippen LogP contribution >= 0.6 is 0 Å². The van der Waals surface area contributed by atoms with Crippen LogP contribution in [-0.4, -0.2) is 47.4 Å². The molecule has 0 fully saturated rings. The lowest BCUT2D eigenvalue weighted by atomic mass is 10.0. The lowest BCUT2D eigenvalue weighted by Crippen LogP contribution is -2.45. The first-order valence-electron chi connectivity index (χ1n) is 32.9. The highest BCUT2D eigenvalue weighted by atomic mass is 16.5. The molecular weight excluding hydrogens is 911 g/mol. The van der Waals surface area contributed by atoms with Crippen molar-refractivity contribution in [2.24, 2.45) is 0 Å². The van der Waals surface area contributed by atoms with Crippen molar-refractivity contribution < 1.29 is 24.5 Å². The summed E-state index contributed by atoms with van der Waals surface area (Å²) in [6.07, 6.45) is 81.6. The topological polar surface area (TPSA) is 95.9 Å². The Labute approximate surface area is 461 Å². The zero-order valence-corrected chi connectivity index (χ0v) is 49.6. The van der Waals surface area contributed by atoms with Crippen molar-refractivity contribution in [2.45, 2.75) is 360 Å². The Hall–Kier alpha value is -2.18. The summed E-state index contributed by atoms with van der Waals surface area (Å²) in [5.74, 6) is -0.0740. The standard InChI is InChI=1S/C68H127NO5/c1-3-5-7-9-11-13-15-17-19-21-25-29-32-36-40-44-48-52-56-60-66(71)65(64-70)69-67(72)61-57-53-49-45-41-37-33-30-26-23-22-24-27-31-35-39-43-47-51-55-59-63-74-68(73)62-58-54-50-46-42-38-34-28-20-18-16-14-12-10-8-6-4-2/h12,14,18,20,23,26,56,60,65-66,70-71H,3-11,13,15-17,19,21-22,24-25,27-55,57-59,61-64H2,1-2H3,(H,69,72)/b14-12-,20-18-,26-23-,60-56+.